The smallest absolute Gasteiger partial charge is 0.241 e. The second-order valence-electron chi connectivity index (χ2n) is 1.84. The van der Waals surface area contributed by atoms with E-state index in [0.717, 1.165) is 0 Å². The van der Waals surface area contributed by atoms with E-state index in [0.29, 0.717) is 5.65 Å². The molecule has 2 aromatic rings. The number of aromatic nitrogens is 3. The largest absolute Gasteiger partial charge is 0.492 e. The topological polar surface area (TPSA) is 50.4 Å². The Bertz CT molecular complexity index is 322. The van der Waals surface area contributed by atoms with Gasteiger partial charge in [0.1, 0.15) is 0 Å². The van der Waals surface area contributed by atoms with Crippen molar-refractivity contribution in [2.75, 3.05) is 0 Å². The van der Waals surface area contributed by atoms with Crippen molar-refractivity contribution >= 4 is 5.65 Å². The first-order valence-electron chi connectivity index (χ1n) is 2.78. The maximum atomic E-state index is 8.83. The Morgan fingerprint density at radius 1 is 1.60 bits per heavy atom. The molecule has 2 aromatic heterocycles. The molecule has 0 aliphatic rings. The van der Waals surface area contributed by atoms with Crippen LogP contribution >= 0.6 is 0 Å². The first kappa shape index (κ1) is 5.22. The van der Waals surface area contributed by atoms with Gasteiger partial charge < -0.3 is 5.11 Å². The molecule has 0 aliphatic heterocycles. The standard InChI is InChI=1S/C6H4N3O/c10-6-4-5-7-2-1-3-9(5)8-6/h1-3H,(H,8,10). The van der Waals surface area contributed by atoms with E-state index < -0.39 is 0 Å². The van der Waals surface area contributed by atoms with Gasteiger partial charge >= 0.3 is 0 Å². The Labute approximate surface area is 56.8 Å². The summed E-state index contributed by atoms with van der Waals surface area (Å²) in [4.78, 5) is 3.89. The highest BCUT2D eigenvalue weighted by molar-refractivity contribution is 5.38. The molecule has 4 nitrogen and oxygen atoms in total. The number of hydrogen-bond donors (Lipinski definition) is 1. The minimum absolute atomic E-state index is 0.126. The van der Waals surface area contributed by atoms with Gasteiger partial charge in [-0.2, -0.15) is 0 Å². The maximum absolute atomic E-state index is 8.83. The van der Waals surface area contributed by atoms with Gasteiger partial charge in [0.15, 0.2) is 5.65 Å². The highest BCUT2D eigenvalue weighted by Crippen LogP contribution is 2.05. The lowest BCUT2D eigenvalue weighted by Crippen LogP contribution is -1.85. The van der Waals surface area contributed by atoms with Crippen LogP contribution in [-0.2, 0) is 0 Å². The van der Waals surface area contributed by atoms with Crippen LogP contribution in [0.1, 0.15) is 0 Å². The van der Waals surface area contributed by atoms with Gasteiger partial charge in [-0.15, -0.1) is 5.10 Å². The molecule has 0 unspecified atom stereocenters. The average Bonchev–Trinajstić information content (AvgIpc) is 2.27. The highest BCUT2D eigenvalue weighted by Gasteiger charge is 1.97. The third-order valence-corrected chi connectivity index (χ3v) is 1.15. The van der Waals surface area contributed by atoms with Gasteiger partial charge in [0, 0.05) is 12.4 Å². The van der Waals surface area contributed by atoms with Crippen LogP contribution in [0.5, 0.6) is 5.88 Å². The van der Waals surface area contributed by atoms with Crippen molar-refractivity contribution in [3.05, 3.63) is 24.5 Å². The molecule has 0 aliphatic carbocycles. The Morgan fingerprint density at radius 2 is 2.50 bits per heavy atom. The summed E-state index contributed by atoms with van der Waals surface area (Å²) in [7, 11) is 0. The molecule has 0 atom stereocenters. The molecule has 0 saturated heterocycles. The fourth-order valence-electron chi connectivity index (χ4n) is 0.761. The summed E-state index contributed by atoms with van der Waals surface area (Å²) < 4.78 is 1.45. The van der Waals surface area contributed by atoms with Crippen molar-refractivity contribution in [1.82, 2.24) is 14.6 Å². The average molecular weight is 134 g/mol. The SMILES string of the molecule is Oc1[c]c2ncccn2n1. The first-order chi connectivity index (χ1) is 4.86. The van der Waals surface area contributed by atoms with Crippen LogP contribution in [0.25, 0.3) is 5.65 Å². The molecule has 1 radical (unpaired) electrons. The number of fused-ring (bicyclic) bond motifs is 1. The van der Waals surface area contributed by atoms with E-state index in [1.165, 1.54) is 4.52 Å². The zero-order valence-corrected chi connectivity index (χ0v) is 5.02. The third-order valence-electron chi connectivity index (χ3n) is 1.15. The van der Waals surface area contributed by atoms with Gasteiger partial charge in [-0.25, -0.2) is 9.50 Å². The van der Waals surface area contributed by atoms with Crippen LogP contribution in [-0.4, -0.2) is 19.7 Å². The quantitative estimate of drug-likeness (QED) is 0.561. The van der Waals surface area contributed by atoms with Crippen molar-refractivity contribution in [2.24, 2.45) is 0 Å². The van der Waals surface area contributed by atoms with E-state index in [4.69, 9.17) is 5.11 Å². The van der Waals surface area contributed by atoms with Crippen LogP contribution < -0.4 is 0 Å². The minimum Gasteiger partial charge on any atom is -0.492 e. The summed E-state index contributed by atoms with van der Waals surface area (Å²) in [6.07, 6.45) is 3.31. The second-order valence-corrected chi connectivity index (χ2v) is 1.84. The molecule has 0 spiro atoms. The van der Waals surface area contributed by atoms with Gasteiger partial charge in [0.25, 0.3) is 0 Å². The molecule has 49 valence electrons. The van der Waals surface area contributed by atoms with Crippen LogP contribution in [0.4, 0.5) is 0 Å². The summed E-state index contributed by atoms with van der Waals surface area (Å²) in [6.45, 7) is 0. The summed E-state index contributed by atoms with van der Waals surface area (Å²) in [5.74, 6) is -0.126. The first-order valence-corrected chi connectivity index (χ1v) is 2.78. The normalized spacial score (nSPS) is 10.4. The summed E-state index contributed by atoms with van der Waals surface area (Å²) in [5.41, 5.74) is 0.528. The van der Waals surface area contributed by atoms with Crippen molar-refractivity contribution in [1.29, 1.82) is 0 Å². The fraction of sp³-hybridized carbons (Fsp3) is 0. The van der Waals surface area contributed by atoms with Crippen LogP contribution in [0.2, 0.25) is 0 Å². The maximum Gasteiger partial charge on any atom is 0.241 e. The Hall–Kier alpha value is -1.58. The van der Waals surface area contributed by atoms with Crippen molar-refractivity contribution in [2.45, 2.75) is 0 Å². The molecule has 0 aromatic carbocycles. The van der Waals surface area contributed by atoms with Gasteiger partial charge in [0.2, 0.25) is 5.88 Å². The van der Waals surface area contributed by atoms with E-state index in [-0.39, 0.29) is 5.88 Å². The van der Waals surface area contributed by atoms with Gasteiger partial charge in [-0.3, -0.25) is 0 Å². The number of rotatable bonds is 0. The molecule has 0 fully saturated rings. The molecule has 4 heteroatoms. The van der Waals surface area contributed by atoms with Gasteiger partial charge in [-0.1, -0.05) is 0 Å². The van der Waals surface area contributed by atoms with Crippen LogP contribution in [0.3, 0.4) is 0 Å². The lowest BCUT2D eigenvalue weighted by atomic mass is 10.6. The Kier molecular flexibility index (Phi) is 0.887. The predicted molar refractivity (Wildman–Crippen MR) is 33.5 cm³/mol. The highest BCUT2D eigenvalue weighted by atomic mass is 16.3. The molecular formula is C6H4N3O. The molecule has 0 amide bonds. The summed E-state index contributed by atoms with van der Waals surface area (Å²) in [5, 5.41) is 12.5. The van der Waals surface area contributed by atoms with Crippen LogP contribution in [0.15, 0.2) is 18.5 Å². The molecule has 2 rings (SSSR count). The predicted octanol–water partition coefficient (Wildman–Crippen LogP) is 0.235. The van der Waals surface area contributed by atoms with E-state index in [1.54, 1.807) is 18.5 Å². The molecular weight excluding hydrogens is 130 g/mol. The van der Waals surface area contributed by atoms with E-state index in [2.05, 4.69) is 16.1 Å². The van der Waals surface area contributed by atoms with E-state index in [9.17, 15) is 0 Å². The Balaban J connectivity index is 2.88. The lowest BCUT2D eigenvalue weighted by Gasteiger charge is -1.85. The summed E-state index contributed by atoms with van der Waals surface area (Å²) in [6, 6.07) is 4.28. The van der Waals surface area contributed by atoms with Crippen molar-refractivity contribution in [3.63, 3.8) is 0 Å². The zero-order chi connectivity index (χ0) is 6.97. The number of nitrogens with zero attached hydrogens (tertiary/aromatic N) is 3. The molecule has 10 heavy (non-hydrogen) atoms. The van der Waals surface area contributed by atoms with Gasteiger partial charge in [0.05, 0.1) is 6.07 Å². The van der Waals surface area contributed by atoms with Crippen molar-refractivity contribution < 1.29 is 5.11 Å². The van der Waals surface area contributed by atoms with Gasteiger partial charge in [-0.05, 0) is 6.07 Å². The minimum atomic E-state index is -0.126. The number of aromatic hydroxyl groups is 1. The van der Waals surface area contributed by atoms with Crippen molar-refractivity contribution in [3.8, 4) is 5.88 Å². The number of hydrogen-bond acceptors (Lipinski definition) is 3. The molecule has 0 saturated carbocycles. The fourth-order valence-corrected chi connectivity index (χ4v) is 0.761. The molecule has 1 N–H and O–H groups in total. The summed E-state index contributed by atoms with van der Waals surface area (Å²) >= 11 is 0. The molecule has 0 bridgehead atoms. The molecule has 2 heterocycles. The van der Waals surface area contributed by atoms with Crippen LogP contribution in [0, 0.1) is 6.07 Å². The van der Waals surface area contributed by atoms with E-state index in [1.807, 2.05) is 0 Å². The Morgan fingerprint density at radius 3 is 3.30 bits per heavy atom. The van der Waals surface area contributed by atoms with E-state index >= 15 is 0 Å². The monoisotopic (exact) mass is 134 g/mol. The zero-order valence-electron chi connectivity index (χ0n) is 5.02. The second kappa shape index (κ2) is 1.70. The lowest BCUT2D eigenvalue weighted by molar-refractivity contribution is 0.448. The third kappa shape index (κ3) is 0.621.